The maximum Gasteiger partial charge on any atom is 0.422 e. The average Bonchev–Trinajstić information content (AvgIpc) is 2.69. The molecule has 5 nitrogen and oxygen atoms in total. The van der Waals surface area contributed by atoms with Gasteiger partial charge in [-0.15, -0.1) is 0 Å². The Kier molecular flexibility index (Phi) is 8.26. The molecule has 9 heteroatoms. The van der Waals surface area contributed by atoms with Gasteiger partial charge in [0.25, 0.3) is 0 Å². The molecule has 158 valence electrons. The predicted octanol–water partition coefficient (Wildman–Crippen LogP) is 3.78. The van der Waals surface area contributed by atoms with Gasteiger partial charge in [-0.2, -0.15) is 13.2 Å². The molecule has 0 heterocycles. The normalized spacial score (nSPS) is 12.0. The molecule has 0 bridgehead atoms. The summed E-state index contributed by atoms with van der Waals surface area (Å²) in [5, 5.41) is 6.22. The molecule has 0 atom stereocenters. The average molecular weight is 413 g/mol. The monoisotopic (exact) mass is 413 g/mol. The topological polar surface area (TPSA) is 54.9 Å². The third kappa shape index (κ3) is 7.98. The van der Waals surface area contributed by atoms with E-state index in [1.54, 1.807) is 31.3 Å². The Hall–Kier alpha value is -2.81. The van der Waals surface area contributed by atoms with Gasteiger partial charge >= 0.3 is 6.18 Å². The second-order valence-electron chi connectivity index (χ2n) is 6.19. The van der Waals surface area contributed by atoms with Crippen molar-refractivity contribution in [3.05, 3.63) is 65.0 Å². The molecule has 0 unspecified atom stereocenters. The van der Waals surface area contributed by atoms with Crippen LogP contribution in [0.4, 0.5) is 17.6 Å². The Labute approximate surface area is 166 Å². The molecule has 0 amide bonds. The van der Waals surface area contributed by atoms with Crippen LogP contribution in [-0.4, -0.2) is 32.9 Å². The first-order valence-electron chi connectivity index (χ1n) is 8.80. The highest BCUT2D eigenvalue weighted by Gasteiger charge is 2.28. The van der Waals surface area contributed by atoms with Crippen LogP contribution in [0.25, 0.3) is 0 Å². The molecule has 0 aliphatic heterocycles. The minimum Gasteiger partial charge on any atom is -0.484 e. The number of ether oxygens (including phenoxy) is 2. The minimum absolute atomic E-state index is 0.150. The van der Waals surface area contributed by atoms with E-state index in [4.69, 9.17) is 4.74 Å². The van der Waals surface area contributed by atoms with Crippen molar-refractivity contribution >= 4 is 5.96 Å². The zero-order chi connectivity index (χ0) is 21.3. The van der Waals surface area contributed by atoms with E-state index in [1.165, 1.54) is 25.3 Å². The standard InChI is InChI=1S/C20H23F4N3O2/c1-25-19(27-11-15-5-8-18(21)16(9-15)12-28-2)26-10-14-3-6-17(7-4-14)29-13-20(22,23)24/h3-9H,10-13H2,1-2H3,(H2,25,26,27). The highest BCUT2D eigenvalue weighted by molar-refractivity contribution is 5.79. The Morgan fingerprint density at radius 3 is 2.21 bits per heavy atom. The van der Waals surface area contributed by atoms with Crippen LogP contribution < -0.4 is 15.4 Å². The van der Waals surface area contributed by atoms with Crippen molar-refractivity contribution < 1.29 is 27.0 Å². The molecule has 0 spiro atoms. The van der Waals surface area contributed by atoms with Gasteiger partial charge in [0.05, 0.1) is 6.61 Å². The quantitative estimate of drug-likeness (QED) is 0.393. The molecule has 0 radical (unpaired) electrons. The largest absolute Gasteiger partial charge is 0.484 e. The molecule has 0 saturated carbocycles. The fourth-order valence-electron chi connectivity index (χ4n) is 2.47. The van der Waals surface area contributed by atoms with Gasteiger partial charge < -0.3 is 20.1 Å². The van der Waals surface area contributed by atoms with Crippen LogP contribution in [0.15, 0.2) is 47.5 Å². The van der Waals surface area contributed by atoms with Crippen LogP contribution in [0.5, 0.6) is 5.75 Å². The molecular weight excluding hydrogens is 390 g/mol. The van der Waals surface area contributed by atoms with Crippen LogP contribution in [0, 0.1) is 5.82 Å². The summed E-state index contributed by atoms with van der Waals surface area (Å²) in [5.74, 6) is 0.359. The Morgan fingerprint density at radius 2 is 1.62 bits per heavy atom. The van der Waals surface area contributed by atoms with Gasteiger partial charge in [-0.05, 0) is 35.4 Å². The fraction of sp³-hybridized carbons (Fsp3) is 0.350. The predicted molar refractivity (Wildman–Crippen MR) is 102 cm³/mol. The van der Waals surface area contributed by atoms with Crippen molar-refractivity contribution in [2.45, 2.75) is 25.9 Å². The molecule has 0 fully saturated rings. The van der Waals surface area contributed by atoms with Gasteiger partial charge in [0, 0.05) is 32.8 Å². The van der Waals surface area contributed by atoms with E-state index in [0.29, 0.717) is 24.6 Å². The summed E-state index contributed by atoms with van der Waals surface area (Å²) in [7, 11) is 3.12. The van der Waals surface area contributed by atoms with Gasteiger partial charge in [0.1, 0.15) is 11.6 Å². The molecule has 0 aliphatic rings. The van der Waals surface area contributed by atoms with Crippen molar-refractivity contribution in [1.82, 2.24) is 10.6 Å². The smallest absolute Gasteiger partial charge is 0.422 e. The molecule has 2 rings (SSSR count). The molecule has 0 aliphatic carbocycles. The summed E-state index contributed by atoms with van der Waals surface area (Å²) >= 11 is 0. The molecular formula is C20H23F4N3O2. The highest BCUT2D eigenvalue weighted by Crippen LogP contribution is 2.18. The second-order valence-corrected chi connectivity index (χ2v) is 6.19. The zero-order valence-electron chi connectivity index (χ0n) is 16.1. The number of alkyl halides is 3. The molecule has 2 aromatic rings. The van der Waals surface area contributed by atoms with E-state index < -0.39 is 12.8 Å². The van der Waals surface area contributed by atoms with Crippen LogP contribution in [0.2, 0.25) is 0 Å². The molecule has 0 saturated heterocycles. The zero-order valence-corrected chi connectivity index (χ0v) is 16.1. The van der Waals surface area contributed by atoms with E-state index >= 15 is 0 Å². The van der Waals surface area contributed by atoms with Gasteiger partial charge in [-0.3, -0.25) is 4.99 Å². The highest BCUT2D eigenvalue weighted by atomic mass is 19.4. The Balaban J connectivity index is 1.84. The van der Waals surface area contributed by atoms with Gasteiger partial charge in [0.15, 0.2) is 12.6 Å². The second kappa shape index (κ2) is 10.7. The lowest BCUT2D eigenvalue weighted by molar-refractivity contribution is -0.153. The fourth-order valence-corrected chi connectivity index (χ4v) is 2.47. The molecule has 2 aromatic carbocycles. The maximum atomic E-state index is 13.7. The number of rotatable bonds is 8. The number of hydrogen-bond acceptors (Lipinski definition) is 3. The third-order valence-corrected chi connectivity index (χ3v) is 3.88. The minimum atomic E-state index is -4.37. The first kappa shape index (κ1) is 22.5. The Bertz CT molecular complexity index is 808. The van der Waals surface area contributed by atoms with Crippen molar-refractivity contribution in [3.63, 3.8) is 0 Å². The van der Waals surface area contributed by atoms with Crippen LogP contribution in [0.1, 0.15) is 16.7 Å². The summed E-state index contributed by atoms with van der Waals surface area (Å²) < 4.78 is 59.8. The van der Waals surface area contributed by atoms with E-state index in [1.807, 2.05) is 0 Å². The number of benzene rings is 2. The summed E-state index contributed by atoms with van der Waals surface area (Å²) in [6, 6.07) is 11.1. The number of methoxy groups -OCH3 is 1. The van der Waals surface area contributed by atoms with Crippen LogP contribution in [-0.2, 0) is 24.4 Å². The first-order valence-corrected chi connectivity index (χ1v) is 8.80. The third-order valence-electron chi connectivity index (χ3n) is 3.88. The van der Waals surface area contributed by atoms with Crippen LogP contribution >= 0.6 is 0 Å². The number of aliphatic imine (C=N–C) groups is 1. The summed E-state index contributed by atoms with van der Waals surface area (Å²) in [6.07, 6.45) is -4.37. The van der Waals surface area contributed by atoms with Gasteiger partial charge in [-0.25, -0.2) is 4.39 Å². The van der Waals surface area contributed by atoms with E-state index in [0.717, 1.165) is 11.1 Å². The molecule has 29 heavy (non-hydrogen) atoms. The van der Waals surface area contributed by atoms with Crippen molar-refractivity contribution in [1.29, 1.82) is 0 Å². The molecule has 0 aromatic heterocycles. The van der Waals surface area contributed by atoms with Crippen molar-refractivity contribution in [3.8, 4) is 5.75 Å². The van der Waals surface area contributed by atoms with Crippen LogP contribution in [0.3, 0.4) is 0 Å². The molecule has 2 N–H and O–H groups in total. The van der Waals surface area contributed by atoms with Gasteiger partial charge in [0.2, 0.25) is 0 Å². The lowest BCUT2D eigenvalue weighted by Gasteiger charge is -2.13. The lowest BCUT2D eigenvalue weighted by Crippen LogP contribution is -2.36. The number of guanidine groups is 1. The summed E-state index contributed by atoms with van der Waals surface area (Å²) in [5.41, 5.74) is 2.19. The lowest BCUT2D eigenvalue weighted by atomic mass is 10.1. The first-order chi connectivity index (χ1) is 13.8. The summed E-state index contributed by atoms with van der Waals surface area (Å²) in [6.45, 7) is -0.287. The SMILES string of the molecule is CN=C(NCc1ccc(OCC(F)(F)F)cc1)NCc1ccc(F)c(COC)c1. The number of halogens is 4. The van der Waals surface area contributed by atoms with Crippen molar-refractivity contribution in [2.75, 3.05) is 20.8 Å². The van der Waals surface area contributed by atoms with E-state index in [2.05, 4.69) is 20.4 Å². The maximum absolute atomic E-state index is 13.7. The number of nitrogens with zero attached hydrogens (tertiary/aromatic N) is 1. The van der Waals surface area contributed by atoms with E-state index in [-0.39, 0.29) is 18.2 Å². The Morgan fingerprint density at radius 1 is 1.00 bits per heavy atom. The number of hydrogen-bond donors (Lipinski definition) is 2. The summed E-state index contributed by atoms with van der Waals surface area (Å²) in [4.78, 5) is 4.11. The van der Waals surface area contributed by atoms with E-state index in [9.17, 15) is 17.6 Å². The van der Waals surface area contributed by atoms with Gasteiger partial charge in [-0.1, -0.05) is 18.2 Å². The number of nitrogens with one attached hydrogen (secondary N) is 2. The van der Waals surface area contributed by atoms with Crippen molar-refractivity contribution in [2.24, 2.45) is 4.99 Å².